The standard InChI is InChI=1S/C20H26F3N3O4/c1-13-4-5-14(2)16(10-13)24-17(27)11-25(3)18(28)15-6-8-26(9-7-15)19(29)30-12-20(21,22)23/h4-5,10,15H,6-9,11-12H2,1-3H3,(H,24,27). The van der Waals surface area contributed by atoms with E-state index in [0.29, 0.717) is 18.5 Å². The zero-order chi connectivity index (χ0) is 22.5. The van der Waals surface area contributed by atoms with E-state index in [2.05, 4.69) is 10.1 Å². The van der Waals surface area contributed by atoms with Gasteiger partial charge in [0.25, 0.3) is 0 Å². The highest BCUT2D eigenvalue weighted by Gasteiger charge is 2.33. The van der Waals surface area contributed by atoms with Gasteiger partial charge in [-0.1, -0.05) is 12.1 Å². The van der Waals surface area contributed by atoms with Crippen LogP contribution < -0.4 is 5.32 Å². The molecule has 1 aromatic rings. The maximum Gasteiger partial charge on any atom is 0.422 e. The normalized spacial score (nSPS) is 14.9. The van der Waals surface area contributed by atoms with Crippen molar-refractivity contribution < 1.29 is 32.3 Å². The molecule has 0 aromatic heterocycles. The number of ether oxygens (including phenoxy) is 1. The van der Waals surface area contributed by atoms with Gasteiger partial charge in [-0.15, -0.1) is 0 Å². The van der Waals surface area contributed by atoms with Gasteiger partial charge in [-0.2, -0.15) is 13.2 Å². The molecule has 0 bridgehead atoms. The van der Waals surface area contributed by atoms with Crippen LogP contribution in [0.1, 0.15) is 24.0 Å². The second-order valence-corrected chi connectivity index (χ2v) is 7.49. The molecule has 0 radical (unpaired) electrons. The van der Waals surface area contributed by atoms with Crippen molar-refractivity contribution in [2.45, 2.75) is 32.9 Å². The largest absolute Gasteiger partial charge is 0.440 e. The number of nitrogens with one attached hydrogen (secondary N) is 1. The van der Waals surface area contributed by atoms with E-state index in [1.165, 1.54) is 11.9 Å². The van der Waals surface area contributed by atoms with Crippen molar-refractivity contribution >= 4 is 23.6 Å². The third kappa shape index (κ3) is 6.93. The fraction of sp³-hybridized carbons (Fsp3) is 0.550. The first-order valence-corrected chi connectivity index (χ1v) is 9.57. The molecule has 2 rings (SSSR count). The molecule has 3 amide bonds. The van der Waals surface area contributed by atoms with Gasteiger partial charge < -0.3 is 19.9 Å². The van der Waals surface area contributed by atoms with Crippen LogP contribution in [-0.2, 0) is 14.3 Å². The van der Waals surface area contributed by atoms with Gasteiger partial charge in [0.05, 0.1) is 6.54 Å². The van der Waals surface area contributed by atoms with Gasteiger partial charge in [0.1, 0.15) is 0 Å². The van der Waals surface area contributed by atoms with Crippen LogP contribution in [0.2, 0.25) is 0 Å². The monoisotopic (exact) mass is 429 g/mol. The second kappa shape index (κ2) is 9.82. The smallest absolute Gasteiger partial charge is 0.422 e. The molecule has 0 spiro atoms. The Hall–Kier alpha value is -2.78. The topological polar surface area (TPSA) is 79.0 Å². The highest BCUT2D eigenvalue weighted by molar-refractivity contribution is 5.95. The molecule has 1 heterocycles. The van der Waals surface area contributed by atoms with Gasteiger partial charge >= 0.3 is 12.3 Å². The molecule has 1 aliphatic heterocycles. The number of halogens is 3. The SMILES string of the molecule is Cc1ccc(C)c(NC(=O)CN(C)C(=O)C2CCN(C(=O)OCC(F)(F)F)CC2)c1. The van der Waals surface area contributed by atoms with Crippen LogP contribution in [0, 0.1) is 19.8 Å². The number of alkyl halides is 3. The van der Waals surface area contributed by atoms with Crippen LogP contribution in [0.15, 0.2) is 18.2 Å². The third-order valence-corrected chi connectivity index (χ3v) is 4.89. The molecule has 0 atom stereocenters. The second-order valence-electron chi connectivity index (χ2n) is 7.49. The molecule has 1 aliphatic rings. The summed E-state index contributed by atoms with van der Waals surface area (Å²) in [5.41, 5.74) is 2.60. The van der Waals surface area contributed by atoms with Gasteiger partial charge in [0.15, 0.2) is 6.61 Å². The van der Waals surface area contributed by atoms with E-state index < -0.39 is 24.8 Å². The number of likely N-dealkylation sites (N-methyl/N-ethyl adjacent to an activating group) is 1. The number of rotatable bonds is 5. The molecular formula is C20H26F3N3O4. The van der Waals surface area contributed by atoms with Crippen LogP contribution in [0.3, 0.4) is 0 Å². The van der Waals surface area contributed by atoms with Crippen molar-refractivity contribution in [2.24, 2.45) is 5.92 Å². The van der Waals surface area contributed by atoms with Crippen molar-refractivity contribution in [1.29, 1.82) is 0 Å². The fourth-order valence-corrected chi connectivity index (χ4v) is 3.21. The Bertz CT molecular complexity index is 790. The van der Waals surface area contributed by atoms with Gasteiger partial charge in [0.2, 0.25) is 11.8 Å². The van der Waals surface area contributed by atoms with Crippen LogP contribution in [-0.4, -0.2) is 67.2 Å². The van der Waals surface area contributed by atoms with Gasteiger partial charge in [0, 0.05) is 31.7 Å². The molecular weight excluding hydrogens is 403 g/mol. The van der Waals surface area contributed by atoms with E-state index in [1.807, 2.05) is 32.0 Å². The Labute approximate surface area is 173 Å². The third-order valence-electron chi connectivity index (χ3n) is 4.89. The summed E-state index contributed by atoms with van der Waals surface area (Å²) in [5, 5.41) is 2.79. The van der Waals surface area contributed by atoms with Gasteiger partial charge in [-0.05, 0) is 43.9 Å². The van der Waals surface area contributed by atoms with E-state index in [9.17, 15) is 27.6 Å². The van der Waals surface area contributed by atoms with Crippen molar-refractivity contribution in [1.82, 2.24) is 9.80 Å². The van der Waals surface area contributed by atoms with Crippen LogP contribution in [0.4, 0.5) is 23.7 Å². The Morgan fingerprint density at radius 2 is 1.83 bits per heavy atom. The van der Waals surface area contributed by atoms with E-state index in [0.717, 1.165) is 16.0 Å². The number of hydrogen-bond acceptors (Lipinski definition) is 4. The van der Waals surface area contributed by atoms with Crippen LogP contribution in [0.25, 0.3) is 0 Å². The van der Waals surface area contributed by atoms with Crippen molar-refractivity contribution in [3.63, 3.8) is 0 Å². The Balaban J connectivity index is 1.81. The average molecular weight is 429 g/mol. The molecule has 1 saturated heterocycles. The summed E-state index contributed by atoms with van der Waals surface area (Å²) in [6, 6.07) is 5.68. The summed E-state index contributed by atoms with van der Waals surface area (Å²) in [5.74, 6) is -0.975. The number of carbonyl (C=O) groups is 3. The molecule has 30 heavy (non-hydrogen) atoms. The highest BCUT2D eigenvalue weighted by atomic mass is 19.4. The quantitative estimate of drug-likeness (QED) is 0.780. The lowest BCUT2D eigenvalue weighted by atomic mass is 9.95. The van der Waals surface area contributed by atoms with Crippen molar-refractivity contribution in [2.75, 3.05) is 38.6 Å². The summed E-state index contributed by atoms with van der Waals surface area (Å²) >= 11 is 0. The first-order valence-electron chi connectivity index (χ1n) is 9.57. The predicted octanol–water partition coefficient (Wildman–Crippen LogP) is 3.11. The Morgan fingerprint density at radius 3 is 2.43 bits per heavy atom. The number of aryl methyl sites for hydroxylation is 2. The molecule has 7 nitrogen and oxygen atoms in total. The van der Waals surface area contributed by atoms with Crippen LogP contribution in [0.5, 0.6) is 0 Å². The zero-order valence-electron chi connectivity index (χ0n) is 17.2. The number of piperidine rings is 1. The summed E-state index contributed by atoms with van der Waals surface area (Å²) in [6.07, 6.45) is -5.03. The number of amides is 3. The summed E-state index contributed by atoms with van der Waals surface area (Å²) in [4.78, 5) is 39.1. The van der Waals surface area contributed by atoms with Gasteiger partial charge in [-0.3, -0.25) is 9.59 Å². The predicted molar refractivity (Wildman–Crippen MR) is 104 cm³/mol. The van der Waals surface area contributed by atoms with E-state index in [1.54, 1.807) is 0 Å². The summed E-state index contributed by atoms with van der Waals surface area (Å²) in [7, 11) is 1.52. The average Bonchev–Trinajstić information content (AvgIpc) is 2.67. The number of nitrogens with zero attached hydrogens (tertiary/aromatic N) is 2. The molecule has 0 saturated carbocycles. The highest BCUT2D eigenvalue weighted by Crippen LogP contribution is 2.21. The molecule has 10 heteroatoms. The number of carbonyl (C=O) groups excluding carboxylic acids is 3. The van der Waals surface area contributed by atoms with Crippen LogP contribution >= 0.6 is 0 Å². The minimum absolute atomic E-state index is 0.121. The summed E-state index contributed by atoms with van der Waals surface area (Å²) in [6.45, 7) is 2.27. The van der Waals surface area contributed by atoms with E-state index in [-0.39, 0.29) is 31.4 Å². The molecule has 0 unspecified atom stereocenters. The van der Waals surface area contributed by atoms with Crippen molar-refractivity contribution in [3.05, 3.63) is 29.3 Å². The lowest BCUT2D eigenvalue weighted by molar-refractivity contribution is -0.162. The van der Waals surface area contributed by atoms with E-state index in [4.69, 9.17) is 0 Å². The lowest BCUT2D eigenvalue weighted by Gasteiger charge is -2.32. The Morgan fingerprint density at radius 1 is 1.20 bits per heavy atom. The first-order chi connectivity index (χ1) is 14.0. The summed E-state index contributed by atoms with van der Waals surface area (Å²) < 4.78 is 40.7. The molecule has 1 fully saturated rings. The minimum atomic E-state index is -4.58. The molecule has 166 valence electrons. The molecule has 1 aromatic carbocycles. The zero-order valence-corrected chi connectivity index (χ0v) is 17.2. The number of likely N-dealkylation sites (tertiary alicyclic amines) is 1. The van der Waals surface area contributed by atoms with Gasteiger partial charge in [-0.25, -0.2) is 4.79 Å². The molecule has 0 aliphatic carbocycles. The Kier molecular flexibility index (Phi) is 7.69. The fourth-order valence-electron chi connectivity index (χ4n) is 3.21. The number of anilines is 1. The minimum Gasteiger partial charge on any atom is -0.440 e. The molecule has 1 N–H and O–H groups in total. The maximum atomic E-state index is 12.6. The lowest BCUT2D eigenvalue weighted by Crippen LogP contribution is -2.45. The van der Waals surface area contributed by atoms with E-state index >= 15 is 0 Å². The number of hydrogen-bond donors (Lipinski definition) is 1. The van der Waals surface area contributed by atoms with Crippen molar-refractivity contribution in [3.8, 4) is 0 Å². The maximum absolute atomic E-state index is 12.6. The number of benzene rings is 1. The first kappa shape index (κ1) is 23.5.